The summed E-state index contributed by atoms with van der Waals surface area (Å²) >= 11 is 0. The van der Waals surface area contributed by atoms with Gasteiger partial charge in [0.15, 0.2) is 0 Å². The van der Waals surface area contributed by atoms with Crippen molar-refractivity contribution in [3.63, 3.8) is 0 Å². The van der Waals surface area contributed by atoms with E-state index < -0.39 is 0 Å². The Kier molecular flexibility index (Phi) is 6.34. The minimum absolute atomic E-state index is 0.552. The third kappa shape index (κ3) is 4.50. The molecule has 0 saturated carbocycles. The van der Waals surface area contributed by atoms with Gasteiger partial charge in [0.2, 0.25) is 0 Å². The van der Waals surface area contributed by atoms with E-state index in [-0.39, 0.29) is 0 Å². The summed E-state index contributed by atoms with van der Waals surface area (Å²) in [4.78, 5) is 0. The number of rotatable bonds is 9. The van der Waals surface area contributed by atoms with Gasteiger partial charge in [0.25, 0.3) is 0 Å². The number of aryl methyl sites for hydroxylation is 1. The van der Waals surface area contributed by atoms with Crippen molar-refractivity contribution >= 4 is 0 Å². The van der Waals surface area contributed by atoms with Crippen molar-refractivity contribution in [2.45, 2.75) is 45.6 Å². The lowest BCUT2D eigenvalue weighted by molar-refractivity contribution is 0.135. The van der Waals surface area contributed by atoms with Crippen LogP contribution in [0, 0.1) is 0 Å². The Morgan fingerprint density at radius 3 is 3.00 bits per heavy atom. The maximum Gasteiger partial charge on any atom is 0.122 e. The van der Waals surface area contributed by atoms with Crippen LogP contribution in [-0.4, -0.2) is 32.4 Å². The van der Waals surface area contributed by atoms with Crippen LogP contribution >= 0.6 is 0 Å². The molecule has 1 N–H and O–H groups in total. The molecule has 1 atom stereocenters. The van der Waals surface area contributed by atoms with E-state index in [1.54, 1.807) is 0 Å². The van der Waals surface area contributed by atoms with Gasteiger partial charge in [-0.1, -0.05) is 19.1 Å². The van der Waals surface area contributed by atoms with Crippen LogP contribution < -0.4 is 10.1 Å². The van der Waals surface area contributed by atoms with E-state index in [2.05, 4.69) is 37.4 Å². The van der Waals surface area contributed by atoms with E-state index in [4.69, 9.17) is 9.47 Å². The number of fused-ring (bicyclic) bond motifs is 1. The molecule has 1 aliphatic rings. The largest absolute Gasteiger partial charge is 0.493 e. The highest BCUT2D eigenvalue weighted by molar-refractivity contribution is 5.39. The van der Waals surface area contributed by atoms with E-state index in [1.807, 2.05) is 0 Å². The molecule has 0 fully saturated rings. The first-order valence-corrected chi connectivity index (χ1v) is 7.89. The average Bonchev–Trinajstić information content (AvgIpc) is 2.92. The van der Waals surface area contributed by atoms with Crippen molar-refractivity contribution in [1.29, 1.82) is 0 Å². The minimum Gasteiger partial charge on any atom is -0.493 e. The molecule has 0 spiro atoms. The summed E-state index contributed by atoms with van der Waals surface area (Å²) in [6.07, 6.45) is 4.44. The Balaban J connectivity index is 1.81. The van der Waals surface area contributed by atoms with Crippen molar-refractivity contribution in [3.8, 4) is 5.75 Å². The maximum absolute atomic E-state index is 5.55. The highest BCUT2D eigenvalue weighted by Crippen LogP contribution is 2.26. The first-order valence-electron chi connectivity index (χ1n) is 7.89. The van der Waals surface area contributed by atoms with E-state index in [0.717, 1.165) is 51.4 Å². The lowest BCUT2D eigenvalue weighted by atomic mass is 10.0. The molecule has 0 bridgehead atoms. The summed E-state index contributed by atoms with van der Waals surface area (Å²) in [6, 6.07) is 7.19. The molecule has 1 aromatic carbocycles. The van der Waals surface area contributed by atoms with Gasteiger partial charge in [0.05, 0.1) is 6.61 Å². The van der Waals surface area contributed by atoms with Gasteiger partial charge >= 0.3 is 0 Å². The van der Waals surface area contributed by atoms with Crippen LogP contribution in [0.2, 0.25) is 0 Å². The number of nitrogens with one attached hydrogen (secondary N) is 1. The van der Waals surface area contributed by atoms with Crippen molar-refractivity contribution in [2.24, 2.45) is 0 Å². The van der Waals surface area contributed by atoms with Crippen LogP contribution in [-0.2, 0) is 17.6 Å². The number of hydrogen-bond donors (Lipinski definition) is 1. The molecule has 112 valence electrons. The fourth-order valence-corrected chi connectivity index (χ4v) is 2.74. The molecule has 2 rings (SSSR count). The standard InChI is InChI=1S/C17H27NO2/c1-3-18-16(10-11-19-4-2)7-5-14-6-8-17-15(13-14)9-12-20-17/h6,8,13,16,18H,3-5,7,9-12H2,1-2H3. The van der Waals surface area contributed by atoms with E-state index in [1.165, 1.54) is 17.5 Å². The Morgan fingerprint density at radius 2 is 2.20 bits per heavy atom. The predicted molar refractivity (Wildman–Crippen MR) is 82.5 cm³/mol. The number of benzene rings is 1. The van der Waals surface area contributed by atoms with Crippen LogP contribution in [0.25, 0.3) is 0 Å². The van der Waals surface area contributed by atoms with Gasteiger partial charge in [-0.05, 0) is 49.9 Å². The van der Waals surface area contributed by atoms with Crippen LogP contribution in [0.3, 0.4) is 0 Å². The van der Waals surface area contributed by atoms with E-state index in [9.17, 15) is 0 Å². The average molecular weight is 277 g/mol. The molecule has 0 aromatic heterocycles. The highest BCUT2D eigenvalue weighted by Gasteiger charge is 2.13. The molecule has 3 heteroatoms. The molecule has 1 aliphatic heterocycles. The second kappa shape index (κ2) is 8.28. The molecule has 0 aliphatic carbocycles. The van der Waals surface area contributed by atoms with Crippen molar-refractivity contribution in [2.75, 3.05) is 26.4 Å². The van der Waals surface area contributed by atoms with Crippen LogP contribution in [0.5, 0.6) is 5.75 Å². The van der Waals surface area contributed by atoms with Crippen LogP contribution in [0.4, 0.5) is 0 Å². The third-order valence-electron chi connectivity index (χ3n) is 3.84. The number of hydrogen-bond acceptors (Lipinski definition) is 3. The summed E-state index contributed by atoms with van der Waals surface area (Å²) < 4.78 is 11.0. The van der Waals surface area contributed by atoms with E-state index >= 15 is 0 Å². The summed E-state index contributed by atoms with van der Waals surface area (Å²) in [5, 5.41) is 3.56. The van der Waals surface area contributed by atoms with Gasteiger partial charge in [0.1, 0.15) is 5.75 Å². The zero-order valence-corrected chi connectivity index (χ0v) is 12.8. The zero-order valence-electron chi connectivity index (χ0n) is 12.8. The summed E-state index contributed by atoms with van der Waals surface area (Å²) in [5.41, 5.74) is 2.80. The Labute approximate surface area is 122 Å². The normalized spacial score (nSPS) is 14.9. The van der Waals surface area contributed by atoms with Gasteiger partial charge in [-0.15, -0.1) is 0 Å². The van der Waals surface area contributed by atoms with E-state index in [0.29, 0.717) is 6.04 Å². The molecule has 0 amide bonds. The lowest BCUT2D eigenvalue weighted by Crippen LogP contribution is -2.30. The Bertz CT molecular complexity index is 406. The van der Waals surface area contributed by atoms with Crippen LogP contribution in [0.1, 0.15) is 37.8 Å². The van der Waals surface area contributed by atoms with Crippen molar-refractivity contribution < 1.29 is 9.47 Å². The summed E-state index contributed by atoms with van der Waals surface area (Å²) in [7, 11) is 0. The molecular weight excluding hydrogens is 250 g/mol. The molecule has 1 aromatic rings. The molecule has 0 saturated heterocycles. The van der Waals surface area contributed by atoms with Crippen molar-refractivity contribution in [3.05, 3.63) is 29.3 Å². The zero-order chi connectivity index (χ0) is 14.2. The quantitative estimate of drug-likeness (QED) is 0.704. The van der Waals surface area contributed by atoms with Gasteiger partial charge in [-0.3, -0.25) is 0 Å². The first kappa shape index (κ1) is 15.3. The minimum atomic E-state index is 0.552. The molecule has 1 unspecified atom stereocenters. The summed E-state index contributed by atoms with van der Waals surface area (Å²) in [5.74, 6) is 1.08. The lowest BCUT2D eigenvalue weighted by Gasteiger charge is -2.18. The third-order valence-corrected chi connectivity index (χ3v) is 3.84. The highest BCUT2D eigenvalue weighted by atomic mass is 16.5. The van der Waals surface area contributed by atoms with Gasteiger partial charge in [-0.25, -0.2) is 0 Å². The molecule has 20 heavy (non-hydrogen) atoms. The number of ether oxygens (including phenoxy) is 2. The molecule has 1 heterocycles. The predicted octanol–water partition coefficient (Wildman–Crippen LogP) is 2.96. The molecular formula is C17H27NO2. The van der Waals surface area contributed by atoms with Crippen molar-refractivity contribution in [1.82, 2.24) is 5.32 Å². The SMILES string of the molecule is CCNC(CCOCC)CCc1ccc2c(c1)CCO2. The smallest absolute Gasteiger partial charge is 0.122 e. The van der Waals surface area contributed by atoms with Gasteiger partial charge in [-0.2, -0.15) is 0 Å². The maximum atomic E-state index is 5.55. The van der Waals surface area contributed by atoms with Crippen LogP contribution in [0.15, 0.2) is 18.2 Å². The fraction of sp³-hybridized carbons (Fsp3) is 0.647. The Morgan fingerprint density at radius 1 is 1.30 bits per heavy atom. The fourth-order valence-electron chi connectivity index (χ4n) is 2.74. The van der Waals surface area contributed by atoms with Gasteiger partial charge in [0, 0.05) is 25.7 Å². The second-order valence-corrected chi connectivity index (χ2v) is 5.32. The monoisotopic (exact) mass is 277 g/mol. The topological polar surface area (TPSA) is 30.5 Å². The molecule has 3 nitrogen and oxygen atoms in total. The van der Waals surface area contributed by atoms with Gasteiger partial charge < -0.3 is 14.8 Å². The molecule has 0 radical (unpaired) electrons. The second-order valence-electron chi connectivity index (χ2n) is 5.32. The Hall–Kier alpha value is -1.06. The first-order chi connectivity index (χ1) is 9.83. The summed E-state index contributed by atoms with van der Waals surface area (Å²) in [6.45, 7) is 7.74.